The Bertz CT molecular complexity index is 253. The number of piperidine rings is 1. The zero-order valence-corrected chi connectivity index (χ0v) is 8.87. The molecule has 2 saturated heterocycles. The van der Waals surface area contributed by atoms with Gasteiger partial charge >= 0.3 is 0 Å². The summed E-state index contributed by atoms with van der Waals surface area (Å²) in [5.41, 5.74) is 0. The highest BCUT2D eigenvalue weighted by atomic mass is 16.5. The summed E-state index contributed by atoms with van der Waals surface area (Å²) in [6.07, 6.45) is 2.90. The standard InChI is InChI=1S/C11H18N2O2/c14-10(4-7-2-1-3-15-7)13-11-8-5-12-6-9(8)11/h7-9,11-12H,1-6H2,(H,13,14). The molecular formula is C11H18N2O2. The zero-order valence-electron chi connectivity index (χ0n) is 8.87. The fourth-order valence-corrected chi connectivity index (χ4v) is 2.89. The molecule has 0 bridgehead atoms. The van der Waals surface area contributed by atoms with Gasteiger partial charge in [0, 0.05) is 25.7 Å². The van der Waals surface area contributed by atoms with Crippen molar-refractivity contribution in [3.8, 4) is 0 Å². The first kappa shape index (κ1) is 9.60. The number of fused-ring (bicyclic) bond motifs is 1. The Morgan fingerprint density at radius 3 is 2.87 bits per heavy atom. The quantitative estimate of drug-likeness (QED) is 0.683. The van der Waals surface area contributed by atoms with Crippen LogP contribution in [0, 0.1) is 11.8 Å². The number of ether oxygens (including phenoxy) is 1. The van der Waals surface area contributed by atoms with Crippen molar-refractivity contribution in [1.29, 1.82) is 0 Å². The summed E-state index contributed by atoms with van der Waals surface area (Å²) < 4.78 is 5.45. The van der Waals surface area contributed by atoms with Crippen LogP contribution in [-0.2, 0) is 9.53 Å². The molecule has 84 valence electrons. The number of carbonyl (C=O) groups excluding carboxylic acids is 1. The third-order valence-corrected chi connectivity index (χ3v) is 3.86. The first-order valence-corrected chi connectivity index (χ1v) is 5.96. The van der Waals surface area contributed by atoms with Crippen LogP contribution in [0.4, 0.5) is 0 Å². The third-order valence-electron chi connectivity index (χ3n) is 3.86. The van der Waals surface area contributed by atoms with Gasteiger partial charge in [-0.05, 0) is 24.7 Å². The molecule has 2 N–H and O–H groups in total. The Kier molecular flexibility index (Phi) is 2.41. The van der Waals surface area contributed by atoms with Gasteiger partial charge < -0.3 is 15.4 Å². The van der Waals surface area contributed by atoms with Crippen LogP contribution in [0.25, 0.3) is 0 Å². The number of nitrogens with one attached hydrogen (secondary N) is 2. The van der Waals surface area contributed by atoms with Gasteiger partial charge in [0.2, 0.25) is 5.91 Å². The SMILES string of the molecule is O=C(CC1CCCO1)NC1C2CNCC21. The number of amides is 1. The lowest BCUT2D eigenvalue weighted by Crippen LogP contribution is -2.34. The predicted octanol–water partition coefficient (Wildman–Crippen LogP) is -0.110. The second-order valence-corrected chi connectivity index (χ2v) is 4.92. The molecule has 0 aromatic carbocycles. The monoisotopic (exact) mass is 210 g/mol. The molecule has 4 nitrogen and oxygen atoms in total. The lowest BCUT2D eigenvalue weighted by Gasteiger charge is -2.11. The van der Waals surface area contributed by atoms with Gasteiger partial charge in [-0.2, -0.15) is 0 Å². The van der Waals surface area contributed by atoms with Crippen LogP contribution in [0.3, 0.4) is 0 Å². The average molecular weight is 210 g/mol. The molecule has 3 fully saturated rings. The van der Waals surface area contributed by atoms with Gasteiger partial charge in [0.15, 0.2) is 0 Å². The maximum atomic E-state index is 11.7. The van der Waals surface area contributed by atoms with Crippen molar-refractivity contribution in [3.05, 3.63) is 0 Å². The minimum Gasteiger partial charge on any atom is -0.378 e. The van der Waals surface area contributed by atoms with E-state index in [9.17, 15) is 4.79 Å². The normalized spacial score (nSPS) is 42.7. The topological polar surface area (TPSA) is 50.4 Å². The summed E-state index contributed by atoms with van der Waals surface area (Å²) in [6, 6.07) is 0.458. The first-order valence-electron chi connectivity index (χ1n) is 5.96. The maximum absolute atomic E-state index is 11.7. The number of rotatable bonds is 3. The van der Waals surface area contributed by atoms with Crippen molar-refractivity contribution in [2.24, 2.45) is 11.8 Å². The Morgan fingerprint density at radius 1 is 1.40 bits per heavy atom. The van der Waals surface area contributed by atoms with Gasteiger partial charge in [0.25, 0.3) is 0 Å². The van der Waals surface area contributed by atoms with Crippen molar-refractivity contribution < 1.29 is 9.53 Å². The number of hydrogen-bond donors (Lipinski definition) is 2. The van der Waals surface area contributed by atoms with Crippen LogP contribution in [0.2, 0.25) is 0 Å². The molecule has 1 amide bonds. The van der Waals surface area contributed by atoms with E-state index < -0.39 is 0 Å². The van der Waals surface area contributed by atoms with Gasteiger partial charge in [-0.3, -0.25) is 4.79 Å². The van der Waals surface area contributed by atoms with E-state index in [0.29, 0.717) is 24.3 Å². The number of carbonyl (C=O) groups is 1. The molecule has 3 atom stereocenters. The summed E-state index contributed by atoms with van der Waals surface area (Å²) in [7, 11) is 0. The number of hydrogen-bond acceptors (Lipinski definition) is 3. The summed E-state index contributed by atoms with van der Waals surface area (Å²) in [5.74, 6) is 1.60. The molecule has 0 aromatic heterocycles. The van der Waals surface area contributed by atoms with E-state index in [2.05, 4.69) is 10.6 Å². The highest BCUT2D eigenvalue weighted by molar-refractivity contribution is 5.77. The van der Waals surface area contributed by atoms with Crippen LogP contribution >= 0.6 is 0 Å². The molecule has 0 spiro atoms. The molecule has 1 aliphatic carbocycles. The average Bonchev–Trinajstić information content (AvgIpc) is 2.65. The predicted molar refractivity (Wildman–Crippen MR) is 55.4 cm³/mol. The van der Waals surface area contributed by atoms with Crippen molar-refractivity contribution in [2.45, 2.75) is 31.4 Å². The molecule has 4 heteroatoms. The molecule has 15 heavy (non-hydrogen) atoms. The van der Waals surface area contributed by atoms with Crippen LogP contribution in [0.1, 0.15) is 19.3 Å². The Morgan fingerprint density at radius 2 is 2.20 bits per heavy atom. The molecule has 1 saturated carbocycles. The molecule has 2 heterocycles. The third kappa shape index (κ3) is 1.88. The molecule has 3 unspecified atom stereocenters. The summed E-state index contributed by atoms with van der Waals surface area (Å²) in [6.45, 7) is 2.99. The van der Waals surface area contributed by atoms with Gasteiger partial charge in [-0.15, -0.1) is 0 Å². The van der Waals surface area contributed by atoms with Crippen molar-refractivity contribution in [1.82, 2.24) is 10.6 Å². The van der Waals surface area contributed by atoms with Crippen molar-refractivity contribution in [3.63, 3.8) is 0 Å². The fraction of sp³-hybridized carbons (Fsp3) is 0.909. The molecule has 2 aliphatic heterocycles. The summed E-state index contributed by atoms with van der Waals surface area (Å²) >= 11 is 0. The highest BCUT2D eigenvalue weighted by Gasteiger charge is 2.53. The van der Waals surface area contributed by atoms with E-state index in [-0.39, 0.29) is 12.0 Å². The van der Waals surface area contributed by atoms with Gasteiger partial charge in [-0.1, -0.05) is 0 Å². The summed E-state index contributed by atoms with van der Waals surface area (Å²) in [5, 5.41) is 6.45. The van der Waals surface area contributed by atoms with E-state index in [1.165, 1.54) is 0 Å². The second-order valence-electron chi connectivity index (χ2n) is 4.92. The van der Waals surface area contributed by atoms with E-state index in [1.807, 2.05) is 0 Å². The lowest BCUT2D eigenvalue weighted by atomic mass is 10.2. The van der Waals surface area contributed by atoms with Crippen molar-refractivity contribution >= 4 is 5.91 Å². The van der Waals surface area contributed by atoms with Gasteiger partial charge in [0.1, 0.15) is 0 Å². The summed E-state index contributed by atoms with van der Waals surface area (Å²) in [4.78, 5) is 11.7. The maximum Gasteiger partial charge on any atom is 0.222 e. The minimum absolute atomic E-state index is 0.182. The van der Waals surface area contributed by atoms with Gasteiger partial charge in [-0.25, -0.2) is 0 Å². The minimum atomic E-state index is 0.182. The second kappa shape index (κ2) is 3.76. The molecule has 0 radical (unpaired) electrons. The van der Waals surface area contributed by atoms with E-state index in [0.717, 1.165) is 32.5 Å². The van der Waals surface area contributed by atoms with Crippen LogP contribution in [0.15, 0.2) is 0 Å². The Labute approximate surface area is 89.7 Å². The Balaban J connectivity index is 1.42. The van der Waals surface area contributed by atoms with E-state index >= 15 is 0 Å². The van der Waals surface area contributed by atoms with E-state index in [1.54, 1.807) is 0 Å². The van der Waals surface area contributed by atoms with Crippen LogP contribution in [-0.4, -0.2) is 37.7 Å². The van der Waals surface area contributed by atoms with Crippen LogP contribution < -0.4 is 10.6 Å². The molecular weight excluding hydrogens is 192 g/mol. The zero-order chi connectivity index (χ0) is 10.3. The smallest absolute Gasteiger partial charge is 0.222 e. The lowest BCUT2D eigenvalue weighted by molar-refractivity contribution is -0.123. The molecule has 0 aromatic rings. The Hall–Kier alpha value is -0.610. The van der Waals surface area contributed by atoms with E-state index in [4.69, 9.17) is 4.74 Å². The fourth-order valence-electron chi connectivity index (χ4n) is 2.89. The van der Waals surface area contributed by atoms with Crippen molar-refractivity contribution in [2.75, 3.05) is 19.7 Å². The molecule has 3 rings (SSSR count). The highest BCUT2D eigenvalue weighted by Crippen LogP contribution is 2.41. The van der Waals surface area contributed by atoms with Gasteiger partial charge in [0.05, 0.1) is 12.5 Å². The molecule has 3 aliphatic rings. The van der Waals surface area contributed by atoms with Crippen LogP contribution in [0.5, 0.6) is 0 Å². The first-order chi connectivity index (χ1) is 7.34. The largest absolute Gasteiger partial charge is 0.378 e.